The molecule has 3 unspecified atom stereocenters. The van der Waals surface area contributed by atoms with Gasteiger partial charge in [0.25, 0.3) is 0 Å². The Morgan fingerprint density at radius 3 is 1.96 bits per heavy atom. The van der Waals surface area contributed by atoms with Crippen molar-refractivity contribution < 1.29 is 4.74 Å². The van der Waals surface area contributed by atoms with Crippen molar-refractivity contribution in [3.63, 3.8) is 0 Å². The topological polar surface area (TPSA) is 47.9 Å². The van der Waals surface area contributed by atoms with E-state index in [0.29, 0.717) is 17.5 Å². The third-order valence-corrected chi connectivity index (χ3v) is 11.7. The maximum absolute atomic E-state index is 7.05. The number of aromatic nitrogens is 3. The van der Waals surface area contributed by atoms with Crippen LogP contribution in [-0.2, 0) is 4.74 Å². The summed E-state index contributed by atoms with van der Waals surface area (Å²) in [5.41, 5.74) is 12.6. The zero-order chi connectivity index (χ0) is 37.7. The summed E-state index contributed by atoms with van der Waals surface area (Å²) < 4.78 is 7.05. The average Bonchev–Trinajstić information content (AvgIpc) is 3.68. The van der Waals surface area contributed by atoms with E-state index in [2.05, 4.69) is 176 Å². The number of rotatable bonds is 6. The lowest BCUT2D eigenvalue weighted by atomic mass is 9.75. The highest BCUT2D eigenvalue weighted by Gasteiger charge is 2.44. The first-order valence-corrected chi connectivity index (χ1v) is 19.7. The number of benzene rings is 7. The van der Waals surface area contributed by atoms with Gasteiger partial charge < -0.3 is 4.74 Å². The molecular formula is C53H37N3O. The molecule has 270 valence electrons. The van der Waals surface area contributed by atoms with Gasteiger partial charge in [0.05, 0.1) is 5.92 Å². The lowest BCUT2D eigenvalue weighted by Crippen LogP contribution is -2.19. The summed E-state index contributed by atoms with van der Waals surface area (Å²) in [5.74, 6) is 3.16. The van der Waals surface area contributed by atoms with Gasteiger partial charge in [0.15, 0.2) is 17.5 Å². The SMILES string of the molecule is C1=CC(c2cccc(-c3ccccc3)c2)CC2=C1C1C(c3nc(-c4ccccc4)nc(-c4ccc(-c5cccc6ccccc56)cc4)n3)=Cc3ccccc3C1O2. The Morgan fingerprint density at radius 1 is 0.509 bits per heavy atom. The minimum absolute atomic E-state index is 0.0598. The number of allylic oxidation sites excluding steroid dienone is 3. The summed E-state index contributed by atoms with van der Waals surface area (Å²) in [6.07, 6.45) is 7.56. The van der Waals surface area contributed by atoms with Gasteiger partial charge in [-0.15, -0.1) is 0 Å². The molecule has 3 aliphatic rings. The Labute approximate surface area is 332 Å². The standard InChI is InChI=1S/C53H37N3O/c1-3-13-34(14-4-1)39-20-11-21-40(31-39)41-29-30-46-48(33-41)57-50-45-23-10-8-18-42(45)32-47(49(46)50)53-55-51(37-16-5-2-6-17-37)54-52(56-53)38-27-25-36(26-28-38)44-24-12-19-35-15-7-9-22-43(35)44/h1-32,41,49-50H,33H2. The Hall–Kier alpha value is -7.17. The predicted molar refractivity (Wildman–Crippen MR) is 231 cm³/mol. The molecule has 4 nitrogen and oxygen atoms in total. The molecule has 0 radical (unpaired) electrons. The van der Waals surface area contributed by atoms with Crippen LogP contribution in [0.2, 0.25) is 0 Å². The highest BCUT2D eigenvalue weighted by Crippen LogP contribution is 2.55. The van der Waals surface area contributed by atoms with Crippen molar-refractivity contribution in [3.05, 3.63) is 222 Å². The number of ether oxygens (including phenoxy) is 1. The van der Waals surface area contributed by atoms with E-state index < -0.39 is 0 Å². The van der Waals surface area contributed by atoms with Crippen molar-refractivity contribution in [2.24, 2.45) is 5.92 Å². The highest BCUT2D eigenvalue weighted by molar-refractivity contribution is 5.97. The van der Waals surface area contributed by atoms with Crippen molar-refractivity contribution in [1.82, 2.24) is 15.0 Å². The fourth-order valence-corrected chi connectivity index (χ4v) is 8.85. The molecule has 0 saturated heterocycles. The molecule has 8 aromatic rings. The lowest BCUT2D eigenvalue weighted by Gasteiger charge is -2.29. The van der Waals surface area contributed by atoms with Crippen molar-refractivity contribution in [3.8, 4) is 45.0 Å². The molecule has 11 rings (SSSR count). The summed E-state index contributed by atoms with van der Waals surface area (Å²) in [6.45, 7) is 0. The van der Waals surface area contributed by atoms with Gasteiger partial charge in [0.2, 0.25) is 0 Å². The second-order valence-electron chi connectivity index (χ2n) is 15.1. The van der Waals surface area contributed by atoms with Gasteiger partial charge in [-0.05, 0) is 50.2 Å². The summed E-state index contributed by atoms with van der Waals surface area (Å²) in [7, 11) is 0. The van der Waals surface area contributed by atoms with Crippen LogP contribution in [0.5, 0.6) is 0 Å². The van der Waals surface area contributed by atoms with Crippen LogP contribution in [0.25, 0.3) is 67.5 Å². The van der Waals surface area contributed by atoms with Gasteiger partial charge in [-0.25, -0.2) is 15.0 Å². The van der Waals surface area contributed by atoms with Gasteiger partial charge in [-0.2, -0.15) is 0 Å². The van der Waals surface area contributed by atoms with E-state index in [9.17, 15) is 0 Å². The molecule has 4 heteroatoms. The quantitative estimate of drug-likeness (QED) is 0.171. The van der Waals surface area contributed by atoms with Gasteiger partial charge in [-0.1, -0.05) is 188 Å². The van der Waals surface area contributed by atoms with Crippen LogP contribution in [0.1, 0.15) is 41.0 Å². The molecule has 0 amide bonds. The Kier molecular flexibility index (Phi) is 8.06. The normalized spacial score (nSPS) is 18.0. The number of hydrogen-bond donors (Lipinski definition) is 0. The van der Waals surface area contributed by atoms with E-state index in [1.54, 1.807) is 0 Å². The lowest BCUT2D eigenvalue weighted by molar-refractivity contribution is 0.120. The van der Waals surface area contributed by atoms with Crippen molar-refractivity contribution in [2.45, 2.75) is 18.4 Å². The van der Waals surface area contributed by atoms with Crippen LogP contribution in [0.4, 0.5) is 0 Å². The molecule has 3 atom stereocenters. The van der Waals surface area contributed by atoms with E-state index in [0.717, 1.165) is 40.0 Å². The van der Waals surface area contributed by atoms with Crippen molar-refractivity contribution in [1.29, 1.82) is 0 Å². The maximum atomic E-state index is 7.05. The van der Waals surface area contributed by atoms with Crippen LogP contribution >= 0.6 is 0 Å². The molecule has 0 spiro atoms. The number of fused-ring (bicyclic) bond motifs is 5. The van der Waals surface area contributed by atoms with Crippen LogP contribution in [-0.4, -0.2) is 15.0 Å². The number of hydrogen-bond acceptors (Lipinski definition) is 4. The smallest absolute Gasteiger partial charge is 0.164 e. The molecule has 1 aliphatic heterocycles. The van der Waals surface area contributed by atoms with Crippen LogP contribution in [0.15, 0.2) is 199 Å². The fourth-order valence-electron chi connectivity index (χ4n) is 8.85. The highest BCUT2D eigenvalue weighted by atomic mass is 16.5. The van der Waals surface area contributed by atoms with E-state index in [4.69, 9.17) is 19.7 Å². The molecule has 0 fully saturated rings. The minimum atomic E-state index is -0.175. The summed E-state index contributed by atoms with van der Waals surface area (Å²) >= 11 is 0. The van der Waals surface area contributed by atoms with Crippen molar-refractivity contribution >= 4 is 22.4 Å². The fraction of sp³-hybridized carbons (Fsp3) is 0.0755. The summed E-state index contributed by atoms with van der Waals surface area (Å²) in [4.78, 5) is 15.6. The molecule has 7 aromatic carbocycles. The third kappa shape index (κ3) is 5.98. The average molecular weight is 732 g/mol. The Bertz CT molecular complexity index is 2910. The van der Waals surface area contributed by atoms with Crippen LogP contribution in [0, 0.1) is 5.92 Å². The molecule has 57 heavy (non-hydrogen) atoms. The predicted octanol–water partition coefficient (Wildman–Crippen LogP) is 12.9. The minimum Gasteiger partial charge on any atom is -0.489 e. The molecule has 1 aromatic heterocycles. The zero-order valence-corrected chi connectivity index (χ0v) is 31.2. The van der Waals surface area contributed by atoms with Gasteiger partial charge in [0, 0.05) is 40.2 Å². The van der Waals surface area contributed by atoms with E-state index >= 15 is 0 Å². The largest absolute Gasteiger partial charge is 0.489 e. The molecule has 0 bridgehead atoms. The second-order valence-corrected chi connectivity index (χ2v) is 15.1. The first-order chi connectivity index (χ1) is 28.2. The van der Waals surface area contributed by atoms with Gasteiger partial charge >= 0.3 is 0 Å². The maximum Gasteiger partial charge on any atom is 0.164 e. The molecule has 0 saturated carbocycles. The van der Waals surface area contributed by atoms with Gasteiger partial charge in [-0.3, -0.25) is 0 Å². The molecular weight excluding hydrogens is 695 g/mol. The summed E-state index contributed by atoms with van der Waals surface area (Å²) in [5, 5.41) is 2.46. The second kappa shape index (κ2) is 13.8. The third-order valence-electron chi connectivity index (χ3n) is 11.7. The molecule has 2 heterocycles. The van der Waals surface area contributed by atoms with Crippen molar-refractivity contribution in [2.75, 3.05) is 0 Å². The summed E-state index contributed by atoms with van der Waals surface area (Å²) in [6, 6.07) is 61.9. The van der Waals surface area contributed by atoms with E-state index in [-0.39, 0.29) is 17.9 Å². The Morgan fingerprint density at radius 2 is 1.14 bits per heavy atom. The molecule has 2 aliphatic carbocycles. The van der Waals surface area contributed by atoms with E-state index in [1.165, 1.54) is 44.2 Å². The Balaban J connectivity index is 0.992. The van der Waals surface area contributed by atoms with Crippen LogP contribution < -0.4 is 0 Å². The first-order valence-electron chi connectivity index (χ1n) is 19.7. The number of nitrogens with zero attached hydrogens (tertiary/aromatic N) is 3. The van der Waals surface area contributed by atoms with E-state index in [1.807, 2.05) is 18.2 Å². The molecule has 0 N–H and O–H groups in total. The first kappa shape index (κ1) is 33.2. The van der Waals surface area contributed by atoms with Gasteiger partial charge in [0.1, 0.15) is 11.9 Å². The zero-order valence-electron chi connectivity index (χ0n) is 31.2. The monoisotopic (exact) mass is 731 g/mol. The van der Waals surface area contributed by atoms with Crippen LogP contribution in [0.3, 0.4) is 0 Å².